The fourth-order valence-corrected chi connectivity index (χ4v) is 6.09. The molecule has 0 bridgehead atoms. The summed E-state index contributed by atoms with van der Waals surface area (Å²) in [5, 5.41) is 10.2. The fourth-order valence-electron chi connectivity index (χ4n) is 6.09. The number of benzene rings is 2. The van der Waals surface area contributed by atoms with Crippen molar-refractivity contribution in [2.45, 2.75) is 118 Å². The molecule has 2 aliphatic rings. The summed E-state index contributed by atoms with van der Waals surface area (Å²) in [7, 11) is 3.04. The van der Waals surface area contributed by atoms with Crippen molar-refractivity contribution < 1.29 is 47.1 Å². The molecular weight excluding hydrogens is 768 g/mol. The number of halogens is 2. The van der Waals surface area contributed by atoms with Gasteiger partial charge in [0, 0.05) is 45.0 Å². The second-order valence-corrected chi connectivity index (χ2v) is 14.2. The summed E-state index contributed by atoms with van der Waals surface area (Å²) in [6, 6.07) is 8.43. The van der Waals surface area contributed by atoms with Crippen LogP contribution >= 0.6 is 0 Å². The number of amides is 7. The van der Waals surface area contributed by atoms with Crippen LogP contribution in [-0.4, -0.2) is 121 Å². The van der Waals surface area contributed by atoms with Crippen LogP contribution in [0.15, 0.2) is 42.5 Å². The zero-order valence-corrected chi connectivity index (χ0v) is 36.0. The van der Waals surface area contributed by atoms with Crippen LogP contribution < -0.4 is 21.3 Å². The largest absolute Gasteiger partial charge is 0.464 e. The average molecular weight is 832 g/mol. The number of hydrogen-bond acceptors (Lipinski definition) is 8. The quantitative estimate of drug-likeness (QED) is 0.226. The van der Waals surface area contributed by atoms with Gasteiger partial charge in [0.15, 0.2) is 0 Å². The molecule has 2 heterocycles. The van der Waals surface area contributed by atoms with Crippen molar-refractivity contribution in [2.24, 2.45) is 0 Å². The van der Waals surface area contributed by atoms with E-state index in [1.165, 1.54) is 36.0 Å². The number of carbonyl (C=O) groups excluding carboxylic acids is 7. The number of nitrogens with one attached hydrogen (secondary N) is 4. The van der Waals surface area contributed by atoms with Gasteiger partial charge in [-0.05, 0) is 97.1 Å². The number of anilines is 1. The van der Waals surface area contributed by atoms with E-state index in [0.29, 0.717) is 43.7 Å². The normalized spacial score (nSPS) is 16.7. The third-order valence-corrected chi connectivity index (χ3v) is 9.49. The third-order valence-electron chi connectivity index (χ3n) is 9.49. The van der Waals surface area contributed by atoms with Crippen molar-refractivity contribution in [1.82, 2.24) is 30.7 Å². The number of ether oxygens (including phenoxy) is 1. The lowest BCUT2D eigenvalue weighted by atomic mass is 10.1. The Morgan fingerprint density at radius 3 is 2.00 bits per heavy atom. The van der Waals surface area contributed by atoms with Gasteiger partial charge in [0.25, 0.3) is 6.47 Å². The summed E-state index contributed by atoms with van der Waals surface area (Å²) in [6.07, 6.45) is 2.52. The van der Waals surface area contributed by atoms with Gasteiger partial charge in [0.1, 0.15) is 35.9 Å². The molecule has 4 rings (SSSR count). The van der Waals surface area contributed by atoms with Crippen LogP contribution in [0.3, 0.4) is 0 Å². The monoisotopic (exact) mass is 831 g/mol. The molecule has 4 N–H and O–H groups in total. The van der Waals surface area contributed by atoms with E-state index < -0.39 is 47.8 Å². The van der Waals surface area contributed by atoms with Crippen molar-refractivity contribution in [2.75, 3.05) is 39.0 Å². The smallest absolute Gasteiger partial charge is 0.319 e. The SMILES string of the molecule is CC.CC(CC(=O)N1CCCC1C(=O)N(C)C(C)C(=O)NC(C)C(=O)N1CCCC1C)OC=O.CNC(=O)CNC(=O)Nc1ccc(C)cc1.Cc1cc(F)cc(F)c1. The van der Waals surface area contributed by atoms with Crippen LogP contribution in [0, 0.1) is 25.5 Å². The van der Waals surface area contributed by atoms with Gasteiger partial charge in [-0.15, -0.1) is 0 Å². The molecule has 2 aromatic carbocycles. The van der Waals surface area contributed by atoms with Crippen LogP contribution in [0.4, 0.5) is 19.3 Å². The van der Waals surface area contributed by atoms with E-state index in [1.807, 2.05) is 39.8 Å². The van der Waals surface area contributed by atoms with Gasteiger partial charge in [0.2, 0.25) is 29.5 Å². The predicted molar refractivity (Wildman–Crippen MR) is 221 cm³/mol. The summed E-state index contributed by atoms with van der Waals surface area (Å²) >= 11 is 0. The highest BCUT2D eigenvalue weighted by molar-refractivity contribution is 5.94. The Balaban J connectivity index is 0.000000529. The Bertz CT molecular complexity index is 1650. The molecule has 2 fully saturated rings. The first-order chi connectivity index (χ1) is 27.9. The fraction of sp³-hybridized carbons (Fsp3) is 0.548. The Kier molecular flexibility index (Phi) is 23.0. The maximum Gasteiger partial charge on any atom is 0.319 e. The first-order valence-corrected chi connectivity index (χ1v) is 19.9. The highest BCUT2D eigenvalue weighted by atomic mass is 19.1. The molecule has 2 aromatic rings. The van der Waals surface area contributed by atoms with E-state index >= 15 is 0 Å². The Labute approximate surface area is 346 Å². The van der Waals surface area contributed by atoms with Gasteiger partial charge in [-0.25, -0.2) is 13.6 Å². The number of carbonyl (C=O) groups is 7. The number of rotatable bonds is 12. The van der Waals surface area contributed by atoms with Crippen LogP contribution in [0.1, 0.15) is 84.8 Å². The summed E-state index contributed by atoms with van der Waals surface area (Å²) in [6.45, 7) is 15.9. The number of nitrogens with zero attached hydrogens (tertiary/aromatic N) is 3. The van der Waals surface area contributed by atoms with E-state index in [-0.39, 0.29) is 42.6 Å². The second kappa shape index (κ2) is 26.4. The summed E-state index contributed by atoms with van der Waals surface area (Å²) < 4.78 is 29.2. The summed E-state index contributed by atoms with van der Waals surface area (Å²) in [5.74, 6) is -2.41. The van der Waals surface area contributed by atoms with Gasteiger partial charge >= 0.3 is 6.03 Å². The minimum Gasteiger partial charge on any atom is -0.464 e. The van der Waals surface area contributed by atoms with Gasteiger partial charge in [-0.2, -0.15) is 0 Å². The lowest BCUT2D eigenvalue weighted by molar-refractivity contribution is -0.148. The number of hydrogen-bond donors (Lipinski definition) is 4. The number of likely N-dealkylation sites (tertiary alicyclic amines) is 2. The minimum atomic E-state index is -0.802. The van der Waals surface area contributed by atoms with Gasteiger partial charge < -0.3 is 40.7 Å². The maximum atomic E-state index is 13.1. The molecule has 7 amide bonds. The van der Waals surface area contributed by atoms with Gasteiger partial charge in [-0.1, -0.05) is 31.5 Å². The third kappa shape index (κ3) is 17.8. The molecule has 0 saturated carbocycles. The molecule has 2 aliphatic heterocycles. The minimum absolute atomic E-state index is 0.00315. The van der Waals surface area contributed by atoms with Crippen molar-refractivity contribution >= 4 is 47.7 Å². The highest BCUT2D eigenvalue weighted by Crippen LogP contribution is 2.22. The highest BCUT2D eigenvalue weighted by Gasteiger charge is 2.38. The first-order valence-electron chi connectivity index (χ1n) is 19.9. The topological polar surface area (TPSA) is 187 Å². The average Bonchev–Trinajstić information content (AvgIpc) is 3.87. The molecule has 5 unspecified atom stereocenters. The zero-order chi connectivity index (χ0) is 44.8. The molecule has 0 aliphatic carbocycles. The van der Waals surface area contributed by atoms with E-state index in [0.717, 1.165) is 24.5 Å². The van der Waals surface area contributed by atoms with Crippen molar-refractivity contribution in [1.29, 1.82) is 0 Å². The second-order valence-electron chi connectivity index (χ2n) is 14.2. The molecule has 0 radical (unpaired) electrons. The first kappa shape index (κ1) is 51.4. The molecule has 0 aromatic heterocycles. The van der Waals surface area contributed by atoms with Gasteiger partial charge in [0.05, 0.1) is 13.0 Å². The predicted octanol–water partition coefficient (Wildman–Crippen LogP) is 4.45. The molecule has 328 valence electrons. The molecule has 2 saturated heterocycles. The van der Waals surface area contributed by atoms with Gasteiger partial charge in [-0.3, -0.25) is 28.8 Å². The number of aryl methyl sites for hydroxylation is 2. The number of urea groups is 1. The van der Waals surface area contributed by atoms with Crippen molar-refractivity contribution in [3.05, 3.63) is 65.2 Å². The summed E-state index contributed by atoms with van der Waals surface area (Å²) in [5.41, 5.74) is 2.42. The molecular formula is C42H63F2N7O8. The Hall–Kier alpha value is -5.61. The Morgan fingerprint density at radius 1 is 0.898 bits per heavy atom. The standard InChI is InChI=1S/C22H36N4O6.C11H15N3O2.C7H6F2.C2H6/c1-14-8-6-10-25(14)21(30)16(3)23-20(29)17(4)24(5)22(31)18-9-7-11-26(18)19(28)12-15(2)32-13-27;1-8-3-5-9(6-4-8)14-11(16)13-7-10(15)12-2;1-5-2-6(8)4-7(9)3-5;1-2/h13-18H,6-12H2,1-5H3,(H,23,29);3-6H,7H2,1-2H3,(H,12,15)(H2,13,14,16);2-4H,1H3;1-2H3. The molecule has 5 atom stereocenters. The lowest BCUT2D eigenvalue weighted by Gasteiger charge is -2.32. The zero-order valence-electron chi connectivity index (χ0n) is 36.0. The van der Waals surface area contributed by atoms with E-state index in [9.17, 15) is 42.3 Å². The lowest BCUT2D eigenvalue weighted by Crippen LogP contribution is -2.55. The van der Waals surface area contributed by atoms with E-state index in [4.69, 9.17) is 4.74 Å². The molecule has 15 nitrogen and oxygen atoms in total. The van der Waals surface area contributed by atoms with Crippen LogP contribution in [-0.2, 0) is 33.5 Å². The Morgan fingerprint density at radius 2 is 1.47 bits per heavy atom. The van der Waals surface area contributed by atoms with E-state index in [2.05, 4.69) is 21.3 Å². The van der Waals surface area contributed by atoms with Crippen molar-refractivity contribution in [3.8, 4) is 0 Å². The molecule has 59 heavy (non-hydrogen) atoms. The molecule has 17 heteroatoms. The number of likely N-dealkylation sites (N-methyl/N-ethyl adjacent to an activating group) is 2. The van der Waals surface area contributed by atoms with E-state index in [1.54, 1.807) is 44.7 Å². The van der Waals surface area contributed by atoms with Crippen LogP contribution in [0.25, 0.3) is 0 Å². The van der Waals surface area contributed by atoms with Crippen molar-refractivity contribution in [3.63, 3.8) is 0 Å². The summed E-state index contributed by atoms with van der Waals surface area (Å²) in [4.78, 5) is 88.3. The maximum absolute atomic E-state index is 13.1. The molecule has 0 spiro atoms. The van der Waals surface area contributed by atoms with Crippen LogP contribution in [0.5, 0.6) is 0 Å². The van der Waals surface area contributed by atoms with Crippen LogP contribution in [0.2, 0.25) is 0 Å².